The molecule has 0 aliphatic carbocycles. The second kappa shape index (κ2) is 9.75. The van der Waals surface area contributed by atoms with Crippen molar-refractivity contribution < 1.29 is 24.7 Å². The van der Waals surface area contributed by atoms with Gasteiger partial charge in [-0.25, -0.2) is 9.97 Å². The van der Waals surface area contributed by atoms with Crippen LogP contribution in [0.25, 0.3) is 77.8 Å². The monoisotopic (exact) mass is 581 g/mol. The molecule has 0 aliphatic heterocycles. The number of hydrogen-bond acceptors (Lipinski definition) is 3. The average molecular weight is 582 g/mol. The first-order valence-corrected chi connectivity index (χ1v) is 13.2. The number of hydrogen-bond donors (Lipinski definition) is 0. The molecule has 0 bridgehead atoms. The molecule has 0 N–H and O–H groups in total. The minimum absolute atomic E-state index is 0.0347. The molecule has 5 nitrogen and oxygen atoms in total. The van der Waals surface area contributed by atoms with E-state index in [2.05, 4.69) is 15.0 Å². The molecule has 9 rings (SSSR count). The number of rotatable bonds is 4. The third-order valence-electron chi connectivity index (χ3n) is 7.23. The molecule has 5 aromatic carbocycles. The molecule has 206 valence electrons. The third kappa shape index (κ3) is 3.69. The lowest BCUT2D eigenvalue weighted by Gasteiger charge is -2.16. The predicted octanol–water partition coefficient (Wildman–Crippen LogP) is 9.40. The van der Waals surface area contributed by atoms with E-state index in [-0.39, 0.29) is 44.7 Å². The highest BCUT2D eigenvalue weighted by Crippen LogP contribution is 2.37. The molecule has 0 fully saturated rings. The first-order valence-electron chi connectivity index (χ1n) is 22.2. The lowest BCUT2D eigenvalue weighted by Crippen LogP contribution is -2.04. The van der Waals surface area contributed by atoms with E-state index in [4.69, 9.17) is 23.3 Å². The van der Waals surface area contributed by atoms with E-state index in [1.54, 1.807) is 24.3 Å². The second-order valence-electron chi connectivity index (χ2n) is 9.60. The molecule has 0 unspecified atom stereocenters. The van der Waals surface area contributed by atoms with Gasteiger partial charge in [0.2, 0.25) is 0 Å². The SMILES string of the molecule is [2H]c1c(-c2ccccc2-n2c3cnccc3c3c([2H])c([2H])c([2H])c([2H])c32)nc(-c2c([2H])c([2H])c([2H])c([2H])c2[2H])nc1-n1c2c([2H])c([2H])c([2H])c([2H])c2c2c([2H])c([2H])c([2H])c([2H])c21. The fourth-order valence-electron chi connectivity index (χ4n) is 5.42. The molecule has 9 aromatic rings. The molecule has 5 heteroatoms. The Labute approximate surface area is 278 Å². The minimum Gasteiger partial charge on any atom is -0.307 e. The van der Waals surface area contributed by atoms with E-state index < -0.39 is 131 Å². The van der Waals surface area contributed by atoms with Gasteiger partial charge in [-0.15, -0.1) is 0 Å². The lowest BCUT2D eigenvalue weighted by molar-refractivity contribution is 1.04. The van der Waals surface area contributed by atoms with Gasteiger partial charge in [-0.3, -0.25) is 9.55 Å². The summed E-state index contributed by atoms with van der Waals surface area (Å²) in [6.45, 7) is 0. The van der Waals surface area contributed by atoms with Crippen molar-refractivity contribution in [2.24, 2.45) is 0 Å². The van der Waals surface area contributed by atoms with Crippen molar-refractivity contribution in [1.29, 1.82) is 0 Å². The number of para-hydroxylation sites is 4. The summed E-state index contributed by atoms with van der Waals surface area (Å²) in [5.74, 6) is -1.13. The Morgan fingerprint density at radius 1 is 0.545 bits per heavy atom. The maximum Gasteiger partial charge on any atom is 0.162 e. The van der Waals surface area contributed by atoms with Gasteiger partial charge in [0, 0.05) is 44.9 Å². The van der Waals surface area contributed by atoms with E-state index in [0.29, 0.717) is 10.9 Å². The summed E-state index contributed by atoms with van der Waals surface area (Å²) in [5.41, 5.74) is -1.06. The summed E-state index contributed by atoms with van der Waals surface area (Å²) >= 11 is 0. The van der Waals surface area contributed by atoms with Crippen LogP contribution in [0.2, 0.25) is 0 Å². The Balaban J connectivity index is 1.52. The quantitative estimate of drug-likeness (QED) is 0.208. The topological polar surface area (TPSA) is 48.5 Å². The highest BCUT2D eigenvalue weighted by atomic mass is 15.1. The zero-order valence-electron chi connectivity index (χ0n) is 40.3. The zero-order valence-corrected chi connectivity index (χ0v) is 22.3. The molecule has 44 heavy (non-hydrogen) atoms. The highest BCUT2D eigenvalue weighted by Gasteiger charge is 2.19. The van der Waals surface area contributed by atoms with Crippen LogP contribution in [0.15, 0.2) is 151 Å². The number of aromatic nitrogens is 5. The molecular weight excluding hydrogens is 538 g/mol. The smallest absolute Gasteiger partial charge is 0.162 e. The van der Waals surface area contributed by atoms with Gasteiger partial charge in [0.1, 0.15) is 5.82 Å². The molecule has 0 saturated carbocycles. The summed E-state index contributed by atoms with van der Waals surface area (Å²) in [4.78, 5) is 13.5. The van der Waals surface area contributed by atoms with Gasteiger partial charge in [-0.05, 0) is 30.3 Å². The van der Waals surface area contributed by atoms with Gasteiger partial charge in [0.25, 0.3) is 0 Å². The number of benzene rings is 5. The molecular formula is C39H25N5. The van der Waals surface area contributed by atoms with Crippen LogP contribution in [0.5, 0.6) is 0 Å². The Morgan fingerprint density at radius 2 is 1.16 bits per heavy atom. The second-order valence-corrected chi connectivity index (χ2v) is 9.60. The molecule has 0 aliphatic rings. The Bertz CT molecular complexity index is 3420. The minimum atomic E-state index is -0.755. The number of nitrogens with zero attached hydrogens (tertiary/aromatic N) is 5. The maximum atomic E-state index is 9.85. The largest absolute Gasteiger partial charge is 0.307 e. The Kier molecular flexibility index (Phi) is 2.80. The molecule has 4 aromatic heterocycles. The number of fused-ring (bicyclic) bond motifs is 6. The van der Waals surface area contributed by atoms with Gasteiger partial charge >= 0.3 is 0 Å². The van der Waals surface area contributed by atoms with Crippen LogP contribution in [-0.4, -0.2) is 24.1 Å². The van der Waals surface area contributed by atoms with Crippen LogP contribution in [0.3, 0.4) is 0 Å². The maximum absolute atomic E-state index is 9.85. The van der Waals surface area contributed by atoms with Gasteiger partial charge in [0.05, 0.1) is 64.3 Å². The van der Waals surface area contributed by atoms with Crippen LogP contribution < -0.4 is 0 Å². The van der Waals surface area contributed by atoms with E-state index in [1.165, 1.54) is 23.0 Å². The summed E-state index contributed by atoms with van der Waals surface area (Å²) in [5, 5.41) is -0.0887. The fraction of sp³-hybridized carbons (Fsp3) is 0. The summed E-state index contributed by atoms with van der Waals surface area (Å²) < 4.78 is 160. The third-order valence-corrected chi connectivity index (χ3v) is 7.23. The predicted molar refractivity (Wildman–Crippen MR) is 179 cm³/mol. The van der Waals surface area contributed by atoms with Crippen molar-refractivity contribution in [2.45, 2.75) is 0 Å². The molecule has 0 saturated heterocycles. The van der Waals surface area contributed by atoms with Crippen molar-refractivity contribution in [1.82, 2.24) is 24.1 Å². The van der Waals surface area contributed by atoms with E-state index in [1.807, 2.05) is 0 Å². The molecule has 0 radical (unpaired) electrons. The molecule has 0 atom stereocenters. The van der Waals surface area contributed by atoms with E-state index >= 15 is 0 Å². The summed E-state index contributed by atoms with van der Waals surface area (Å²) in [6, 6.07) is -3.89. The van der Waals surface area contributed by atoms with Crippen LogP contribution in [0.1, 0.15) is 24.7 Å². The van der Waals surface area contributed by atoms with Crippen molar-refractivity contribution >= 4 is 43.6 Å². The summed E-state index contributed by atoms with van der Waals surface area (Å²) in [6.07, 6.45) is 2.90. The molecule has 0 spiro atoms. The van der Waals surface area contributed by atoms with Crippen molar-refractivity contribution in [3.05, 3.63) is 151 Å². The van der Waals surface area contributed by atoms with Crippen LogP contribution >= 0.6 is 0 Å². The average Bonchev–Trinajstić information content (AvgIpc) is 3.81. The first kappa shape index (κ1) is 12.7. The van der Waals surface area contributed by atoms with Gasteiger partial charge in [-0.2, -0.15) is 0 Å². The first-order chi connectivity index (χ1) is 29.3. The van der Waals surface area contributed by atoms with E-state index in [9.17, 15) is 1.37 Å². The Hall–Kier alpha value is -6.07. The fourth-order valence-corrected chi connectivity index (χ4v) is 5.42. The van der Waals surface area contributed by atoms with E-state index in [0.717, 1.165) is 4.57 Å². The van der Waals surface area contributed by atoms with Crippen LogP contribution in [-0.2, 0) is 0 Å². The Morgan fingerprint density at radius 3 is 1.89 bits per heavy atom. The van der Waals surface area contributed by atoms with Crippen molar-refractivity contribution in [3.63, 3.8) is 0 Å². The van der Waals surface area contributed by atoms with Gasteiger partial charge in [0.15, 0.2) is 5.82 Å². The van der Waals surface area contributed by atoms with Crippen molar-refractivity contribution in [3.8, 4) is 34.2 Å². The summed E-state index contributed by atoms with van der Waals surface area (Å²) in [7, 11) is 0. The lowest BCUT2D eigenvalue weighted by atomic mass is 10.1. The van der Waals surface area contributed by atoms with Gasteiger partial charge < -0.3 is 4.57 Å². The van der Waals surface area contributed by atoms with Crippen LogP contribution in [0, 0.1) is 0 Å². The molecule has 0 amide bonds. The van der Waals surface area contributed by atoms with Crippen molar-refractivity contribution in [2.75, 3.05) is 0 Å². The van der Waals surface area contributed by atoms with Gasteiger partial charge in [-0.1, -0.05) is 103 Å². The van der Waals surface area contributed by atoms with Crippen LogP contribution in [0.4, 0.5) is 0 Å². The molecule has 4 heterocycles. The zero-order chi connectivity index (χ0) is 44.7. The number of pyridine rings is 1. The normalized spacial score (nSPS) is 17.4. The highest BCUT2D eigenvalue weighted by molar-refractivity contribution is 6.10. The standard InChI is InChI=1S/C39H25N5/c1-2-12-26(13-3-1)39-41-32(24-38(42-39)44-34-19-9-5-14-27(34)28-15-6-10-20-35(28)44)31-17-7-11-21-36(31)43-33-18-8-4-16-29(33)30-22-23-40-25-37(30)43/h1-25H/i1D,2D,3D,4D,5D,6D,8D,9D,10D,12D,13D,14D,15D,16D,18D,19D,20D,24D.